The third kappa shape index (κ3) is 4.82. The van der Waals surface area contributed by atoms with Gasteiger partial charge in [-0.15, -0.1) is 0 Å². The molecule has 0 amide bonds. The average molecular weight is 222 g/mol. The number of rotatable bonds is 6. The molecule has 0 aromatic heterocycles. The van der Waals surface area contributed by atoms with Gasteiger partial charge in [-0.25, -0.2) is 0 Å². The lowest BCUT2D eigenvalue weighted by atomic mass is 10.1. The lowest BCUT2D eigenvalue weighted by molar-refractivity contribution is -0.136. The molecular formula is C13H18O3. The van der Waals surface area contributed by atoms with Crippen molar-refractivity contribution in [1.29, 1.82) is 0 Å². The van der Waals surface area contributed by atoms with Gasteiger partial charge in [-0.2, -0.15) is 0 Å². The molecule has 1 N–H and O–H groups in total. The van der Waals surface area contributed by atoms with E-state index in [4.69, 9.17) is 9.84 Å². The number of hydrogen-bond acceptors (Lipinski definition) is 2. The van der Waals surface area contributed by atoms with Crippen LogP contribution in [0.3, 0.4) is 0 Å². The summed E-state index contributed by atoms with van der Waals surface area (Å²) >= 11 is 0. The van der Waals surface area contributed by atoms with Crippen molar-refractivity contribution >= 4 is 5.97 Å². The lowest BCUT2D eigenvalue weighted by Gasteiger charge is -2.08. The summed E-state index contributed by atoms with van der Waals surface area (Å²) in [4.78, 5) is 10.4. The molecule has 0 unspecified atom stereocenters. The van der Waals surface area contributed by atoms with Crippen molar-refractivity contribution in [2.24, 2.45) is 5.92 Å². The highest BCUT2D eigenvalue weighted by molar-refractivity contribution is 5.67. The molecule has 0 saturated heterocycles. The Morgan fingerprint density at radius 3 is 2.44 bits per heavy atom. The van der Waals surface area contributed by atoms with Crippen molar-refractivity contribution < 1.29 is 14.6 Å². The normalized spacial score (nSPS) is 10.4. The summed E-state index contributed by atoms with van der Waals surface area (Å²) in [5, 5.41) is 8.55. The smallest absolute Gasteiger partial charge is 0.303 e. The van der Waals surface area contributed by atoms with E-state index >= 15 is 0 Å². The monoisotopic (exact) mass is 222 g/mol. The van der Waals surface area contributed by atoms with Crippen LogP contribution in [0.15, 0.2) is 24.3 Å². The number of carbonyl (C=O) groups is 1. The van der Waals surface area contributed by atoms with Crippen LogP contribution >= 0.6 is 0 Å². The fourth-order valence-electron chi connectivity index (χ4n) is 1.27. The maximum Gasteiger partial charge on any atom is 0.303 e. The Hall–Kier alpha value is -1.51. The minimum atomic E-state index is -0.764. The number of carboxylic acids is 1. The van der Waals surface area contributed by atoms with Gasteiger partial charge in [-0.3, -0.25) is 4.79 Å². The predicted octanol–water partition coefficient (Wildman–Crippen LogP) is 2.74. The van der Waals surface area contributed by atoms with Gasteiger partial charge in [-0.05, 0) is 30.0 Å². The number of ether oxygens (including phenoxy) is 1. The van der Waals surface area contributed by atoms with Crippen molar-refractivity contribution in [3.05, 3.63) is 29.8 Å². The molecule has 3 nitrogen and oxygen atoms in total. The highest BCUT2D eigenvalue weighted by Gasteiger charge is 2.00. The van der Waals surface area contributed by atoms with Crippen LogP contribution < -0.4 is 4.74 Å². The van der Waals surface area contributed by atoms with Crippen LogP contribution in [0, 0.1) is 5.92 Å². The van der Waals surface area contributed by atoms with Crippen LogP contribution in [0.1, 0.15) is 25.8 Å². The SMILES string of the molecule is CC(C)COc1ccc(CCC(=O)O)cc1. The van der Waals surface area contributed by atoms with E-state index in [1.165, 1.54) is 0 Å². The van der Waals surface area contributed by atoms with Crippen LogP contribution in [-0.2, 0) is 11.2 Å². The summed E-state index contributed by atoms with van der Waals surface area (Å²) < 4.78 is 5.53. The van der Waals surface area contributed by atoms with Gasteiger partial charge >= 0.3 is 5.97 Å². The van der Waals surface area contributed by atoms with Crippen molar-refractivity contribution in [2.75, 3.05) is 6.61 Å². The number of benzene rings is 1. The molecule has 3 heteroatoms. The molecule has 0 radical (unpaired) electrons. The quantitative estimate of drug-likeness (QED) is 0.805. The summed E-state index contributed by atoms with van der Waals surface area (Å²) in [5.41, 5.74) is 1.03. The second-order valence-electron chi connectivity index (χ2n) is 4.24. The molecule has 0 atom stereocenters. The molecule has 0 aliphatic rings. The zero-order valence-corrected chi connectivity index (χ0v) is 9.77. The van der Waals surface area contributed by atoms with Crippen LogP contribution in [0.4, 0.5) is 0 Å². The third-order valence-corrected chi connectivity index (χ3v) is 2.13. The Kier molecular flexibility index (Phi) is 4.83. The standard InChI is InChI=1S/C13H18O3/c1-10(2)9-16-12-6-3-11(4-7-12)5-8-13(14)15/h3-4,6-7,10H,5,8-9H2,1-2H3,(H,14,15). The lowest BCUT2D eigenvalue weighted by Crippen LogP contribution is -2.04. The van der Waals surface area contributed by atoms with E-state index in [9.17, 15) is 4.79 Å². The van der Waals surface area contributed by atoms with E-state index in [2.05, 4.69) is 13.8 Å². The van der Waals surface area contributed by atoms with Crippen molar-refractivity contribution in [3.8, 4) is 5.75 Å². The number of aliphatic carboxylic acids is 1. The number of carboxylic acid groups (broad SMARTS) is 1. The predicted molar refractivity (Wildman–Crippen MR) is 62.7 cm³/mol. The van der Waals surface area contributed by atoms with Gasteiger partial charge in [0.25, 0.3) is 0 Å². The van der Waals surface area contributed by atoms with Gasteiger partial charge in [0, 0.05) is 6.42 Å². The Balaban J connectivity index is 2.44. The van der Waals surface area contributed by atoms with Gasteiger partial charge in [-0.1, -0.05) is 26.0 Å². The number of aryl methyl sites for hydroxylation is 1. The van der Waals surface area contributed by atoms with Crippen LogP contribution in [0.25, 0.3) is 0 Å². The molecular weight excluding hydrogens is 204 g/mol. The fourth-order valence-corrected chi connectivity index (χ4v) is 1.27. The molecule has 0 aliphatic heterocycles. The van der Waals surface area contributed by atoms with Gasteiger partial charge in [0.2, 0.25) is 0 Å². The topological polar surface area (TPSA) is 46.5 Å². The first-order valence-electron chi connectivity index (χ1n) is 5.51. The summed E-state index contributed by atoms with van der Waals surface area (Å²) in [7, 11) is 0. The maximum absolute atomic E-state index is 10.4. The van der Waals surface area contributed by atoms with Crippen LogP contribution in [-0.4, -0.2) is 17.7 Å². The minimum Gasteiger partial charge on any atom is -0.493 e. The van der Waals surface area contributed by atoms with E-state index in [-0.39, 0.29) is 6.42 Å². The van der Waals surface area contributed by atoms with E-state index in [0.717, 1.165) is 11.3 Å². The van der Waals surface area contributed by atoms with Crippen LogP contribution in [0.2, 0.25) is 0 Å². The Bertz CT molecular complexity index is 328. The zero-order chi connectivity index (χ0) is 12.0. The zero-order valence-electron chi connectivity index (χ0n) is 9.77. The molecule has 1 rings (SSSR count). The first-order valence-corrected chi connectivity index (χ1v) is 5.51. The molecule has 0 spiro atoms. The Morgan fingerprint density at radius 1 is 1.31 bits per heavy atom. The summed E-state index contributed by atoms with van der Waals surface area (Å²) in [6, 6.07) is 7.61. The highest BCUT2D eigenvalue weighted by atomic mass is 16.5. The first-order chi connectivity index (χ1) is 7.58. The first kappa shape index (κ1) is 12.6. The van der Waals surface area contributed by atoms with E-state index < -0.39 is 5.97 Å². The molecule has 0 fully saturated rings. The van der Waals surface area contributed by atoms with Gasteiger partial charge in [0.1, 0.15) is 5.75 Å². The van der Waals surface area contributed by atoms with Crippen molar-refractivity contribution in [2.45, 2.75) is 26.7 Å². The molecule has 0 bridgehead atoms. The van der Waals surface area contributed by atoms with Gasteiger partial charge in [0.05, 0.1) is 6.61 Å². The van der Waals surface area contributed by atoms with Gasteiger partial charge < -0.3 is 9.84 Å². The second kappa shape index (κ2) is 6.16. The van der Waals surface area contributed by atoms with E-state index in [0.29, 0.717) is 18.9 Å². The fraction of sp³-hybridized carbons (Fsp3) is 0.462. The third-order valence-electron chi connectivity index (χ3n) is 2.13. The molecule has 16 heavy (non-hydrogen) atoms. The average Bonchev–Trinajstić information content (AvgIpc) is 2.25. The highest BCUT2D eigenvalue weighted by Crippen LogP contribution is 2.14. The van der Waals surface area contributed by atoms with E-state index in [1.54, 1.807) is 0 Å². The van der Waals surface area contributed by atoms with Crippen LogP contribution in [0.5, 0.6) is 5.75 Å². The van der Waals surface area contributed by atoms with Crippen molar-refractivity contribution in [1.82, 2.24) is 0 Å². The second-order valence-corrected chi connectivity index (χ2v) is 4.24. The molecule has 88 valence electrons. The summed E-state index contributed by atoms with van der Waals surface area (Å²) in [5.74, 6) is 0.583. The Morgan fingerprint density at radius 2 is 1.94 bits per heavy atom. The maximum atomic E-state index is 10.4. The molecule has 0 saturated carbocycles. The summed E-state index contributed by atoms with van der Waals surface area (Å²) in [6.45, 7) is 4.90. The molecule has 1 aromatic rings. The van der Waals surface area contributed by atoms with E-state index in [1.807, 2.05) is 24.3 Å². The minimum absolute atomic E-state index is 0.173. The molecule has 0 aliphatic carbocycles. The van der Waals surface area contributed by atoms with Crippen molar-refractivity contribution in [3.63, 3.8) is 0 Å². The molecule has 1 aromatic carbocycles. The molecule has 0 heterocycles. The largest absolute Gasteiger partial charge is 0.493 e. The Labute approximate surface area is 96.1 Å². The van der Waals surface area contributed by atoms with Gasteiger partial charge in [0.15, 0.2) is 0 Å². The summed E-state index contributed by atoms with van der Waals surface area (Å²) in [6.07, 6.45) is 0.742. The number of hydrogen-bond donors (Lipinski definition) is 1.